The van der Waals surface area contributed by atoms with Crippen molar-refractivity contribution in [2.45, 2.75) is 25.6 Å². The first-order valence-corrected chi connectivity index (χ1v) is 7.20. The fraction of sp³-hybridized carbons (Fsp3) is 0.250. The van der Waals surface area contributed by atoms with Gasteiger partial charge >= 0.3 is 12.1 Å². The number of hydrogen-bond acceptors (Lipinski definition) is 2. The number of nitrogens with zero attached hydrogens (tertiary/aromatic N) is 2. The number of hydrogen-bond donors (Lipinski definition) is 1. The van der Waals surface area contributed by atoms with E-state index >= 15 is 0 Å². The van der Waals surface area contributed by atoms with Crippen molar-refractivity contribution in [3.63, 3.8) is 0 Å². The number of rotatable bonds is 3. The van der Waals surface area contributed by atoms with Crippen LogP contribution >= 0.6 is 0 Å². The Morgan fingerprint density at radius 3 is 2.36 bits per heavy atom. The lowest BCUT2D eigenvalue weighted by Crippen LogP contribution is -2.35. The van der Waals surface area contributed by atoms with Gasteiger partial charge in [0.2, 0.25) is 5.56 Å². The van der Waals surface area contributed by atoms with Gasteiger partial charge in [-0.15, -0.1) is 0 Å². The summed E-state index contributed by atoms with van der Waals surface area (Å²) in [6.45, 7) is 1.43. The Morgan fingerprint density at radius 2 is 1.76 bits per heavy atom. The highest BCUT2D eigenvalue weighted by molar-refractivity contribution is 5.83. The molecule has 1 aromatic carbocycles. The maximum atomic E-state index is 13.9. The minimum absolute atomic E-state index is 0.0268. The van der Waals surface area contributed by atoms with Gasteiger partial charge in [-0.2, -0.15) is 27.1 Å². The largest absolute Gasteiger partial charge is 0.458 e. The number of H-pyrrole nitrogens is 1. The Balaban J connectivity index is 2.24. The minimum atomic E-state index is -5.82. The van der Waals surface area contributed by atoms with Crippen molar-refractivity contribution in [2.24, 2.45) is 0 Å². The summed E-state index contributed by atoms with van der Waals surface area (Å²) < 4.78 is 67.3. The first-order chi connectivity index (χ1) is 11.6. The van der Waals surface area contributed by atoms with Gasteiger partial charge in [-0.3, -0.25) is 4.79 Å². The number of fused-ring (bicyclic) bond motifs is 1. The quantitative estimate of drug-likeness (QED) is 0.726. The van der Waals surface area contributed by atoms with Crippen LogP contribution < -0.4 is 5.56 Å². The van der Waals surface area contributed by atoms with Crippen molar-refractivity contribution in [1.82, 2.24) is 14.8 Å². The van der Waals surface area contributed by atoms with Gasteiger partial charge in [0, 0.05) is 17.0 Å². The summed E-state index contributed by atoms with van der Waals surface area (Å²) in [6.07, 6.45) is -5.82. The van der Waals surface area contributed by atoms with E-state index in [1.165, 1.54) is 11.6 Å². The van der Waals surface area contributed by atoms with Gasteiger partial charge in [-0.25, -0.2) is 4.68 Å². The van der Waals surface area contributed by atoms with Crippen LogP contribution in [0.4, 0.5) is 22.0 Å². The molecule has 3 rings (SSSR count). The molecule has 0 amide bonds. The van der Waals surface area contributed by atoms with Crippen LogP contribution in [-0.2, 0) is 12.5 Å². The zero-order valence-electron chi connectivity index (χ0n) is 12.9. The van der Waals surface area contributed by atoms with E-state index in [1.54, 1.807) is 30.3 Å². The summed E-state index contributed by atoms with van der Waals surface area (Å²) in [6, 6.07) is 9.04. The summed E-state index contributed by atoms with van der Waals surface area (Å²) in [5.74, 6) is -5.16. The number of nitrogens with one attached hydrogen (secondary N) is 1. The van der Waals surface area contributed by atoms with Crippen LogP contribution in [0.25, 0.3) is 11.0 Å². The molecule has 132 valence electrons. The second-order valence-corrected chi connectivity index (χ2v) is 5.57. The fourth-order valence-corrected chi connectivity index (χ4v) is 2.66. The molecule has 0 spiro atoms. The predicted molar refractivity (Wildman–Crippen MR) is 80.6 cm³/mol. The van der Waals surface area contributed by atoms with E-state index in [-0.39, 0.29) is 24.0 Å². The van der Waals surface area contributed by atoms with Crippen molar-refractivity contribution in [1.29, 1.82) is 0 Å². The van der Waals surface area contributed by atoms with Crippen LogP contribution in [0.15, 0.2) is 41.2 Å². The Labute approximate surface area is 137 Å². The molecular weight excluding hydrogens is 345 g/mol. The van der Waals surface area contributed by atoms with Crippen LogP contribution in [0.5, 0.6) is 0 Å². The van der Waals surface area contributed by atoms with Gasteiger partial charge in [0.15, 0.2) is 0 Å². The van der Waals surface area contributed by atoms with Crippen molar-refractivity contribution in [3.05, 3.63) is 63.6 Å². The third-order valence-corrected chi connectivity index (χ3v) is 3.78. The summed E-state index contributed by atoms with van der Waals surface area (Å²) in [7, 11) is 0. The summed E-state index contributed by atoms with van der Waals surface area (Å²) in [5.41, 5.74) is -1.90. The van der Waals surface area contributed by atoms with Crippen LogP contribution in [-0.4, -0.2) is 20.9 Å². The van der Waals surface area contributed by atoms with Gasteiger partial charge in [-0.05, 0) is 12.5 Å². The number of halogens is 5. The van der Waals surface area contributed by atoms with Crippen molar-refractivity contribution in [2.75, 3.05) is 0 Å². The van der Waals surface area contributed by atoms with Gasteiger partial charge in [0.05, 0.1) is 12.2 Å². The molecule has 0 aliphatic rings. The average Bonchev–Trinajstić information content (AvgIpc) is 2.82. The lowest BCUT2D eigenvalue weighted by atomic mass is 10.0. The number of alkyl halides is 5. The van der Waals surface area contributed by atoms with Crippen molar-refractivity contribution >= 4 is 11.0 Å². The molecule has 0 radical (unpaired) electrons. The summed E-state index contributed by atoms with van der Waals surface area (Å²) in [4.78, 5) is 14.0. The second-order valence-electron chi connectivity index (χ2n) is 5.57. The average molecular weight is 357 g/mol. The van der Waals surface area contributed by atoms with E-state index in [2.05, 4.69) is 10.1 Å². The molecule has 2 heterocycles. The molecule has 4 nitrogen and oxygen atoms in total. The van der Waals surface area contributed by atoms with E-state index in [0.29, 0.717) is 0 Å². The molecule has 25 heavy (non-hydrogen) atoms. The lowest BCUT2D eigenvalue weighted by molar-refractivity contribution is -0.288. The maximum absolute atomic E-state index is 13.9. The standard InChI is InChI=1S/C16H12F5N3O/c1-9-13-11(15(17,18)16(19,20)21)7-12(25)22-14(13)24(23-9)8-10-5-3-2-4-6-10/h2-7H,8H2,1H3,(H,22,25). The first-order valence-electron chi connectivity index (χ1n) is 7.20. The number of aromatic nitrogens is 3. The van der Waals surface area contributed by atoms with E-state index in [4.69, 9.17) is 0 Å². The van der Waals surface area contributed by atoms with E-state index in [9.17, 15) is 26.7 Å². The van der Waals surface area contributed by atoms with E-state index in [0.717, 1.165) is 5.56 Å². The number of aromatic amines is 1. The van der Waals surface area contributed by atoms with Gasteiger partial charge in [0.1, 0.15) is 5.65 Å². The molecule has 2 aromatic heterocycles. The Hall–Kier alpha value is -2.71. The van der Waals surface area contributed by atoms with Crippen LogP contribution in [0.1, 0.15) is 16.8 Å². The highest BCUT2D eigenvalue weighted by Gasteiger charge is 2.59. The summed E-state index contributed by atoms with van der Waals surface area (Å²) >= 11 is 0. The second kappa shape index (κ2) is 5.68. The van der Waals surface area contributed by atoms with E-state index in [1.807, 2.05) is 0 Å². The zero-order chi connectivity index (χ0) is 18.4. The zero-order valence-corrected chi connectivity index (χ0v) is 12.9. The molecule has 0 fully saturated rings. The molecule has 0 saturated heterocycles. The van der Waals surface area contributed by atoms with Crippen LogP contribution in [0, 0.1) is 6.92 Å². The molecule has 0 bridgehead atoms. The number of benzene rings is 1. The molecule has 0 unspecified atom stereocenters. The minimum Gasteiger partial charge on any atom is -0.307 e. The number of aryl methyl sites for hydroxylation is 1. The number of pyridine rings is 1. The lowest BCUT2D eigenvalue weighted by Gasteiger charge is -2.20. The predicted octanol–water partition coefficient (Wildman–Crippen LogP) is 3.74. The highest BCUT2D eigenvalue weighted by Crippen LogP contribution is 2.45. The van der Waals surface area contributed by atoms with Crippen LogP contribution in [0.2, 0.25) is 0 Å². The molecular formula is C16H12F5N3O. The molecule has 0 saturated carbocycles. The smallest absolute Gasteiger partial charge is 0.307 e. The Bertz CT molecular complexity index is 973. The van der Waals surface area contributed by atoms with Gasteiger partial charge < -0.3 is 4.98 Å². The van der Waals surface area contributed by atoms with Crippen molar-refractivity contribution < 1.29 is 22.0 Å². The SMILES string of the molecule is Cc1nn(Cc2ccccc2)c2[nH]c(=O)cc(C(F)(F)C(F)(F)F)c12. The van der Waals surface area contributed by atoms with Crippen LogP contribution in [0.3, 0.4) is 0 Å². The monoisotopic (exact) mass is 357 g/mol. The van der Waals surface area contributed by atoms with E-state index < -0.39 is 28.6 Å². The highest BCUT2D eigenvalue weighted by atomic mass is 19.4. The molecule has 0 aliphatic heterocycles. The molecule has 9 heteroatoms. The normalized spacial score (nSPS) is 12.7. The Kier molecular flexibility index (Phi) is 3.89. The first kappa shape index (κ1) is 17.1. The molecule has 0 aliphatic carbocycles. The van der Waals surface area contributed by atoms with Gasteiger partial charge in [-0.1, -0.05) is 30.3 Å². The molecule has 1 N–H and O–H groups in total. The third kappa shape index (κ3) is 2.90. The maximum Gasteiger partial charge on any atom is 0.458 e. The Morgan fingerprint density at radius 1 is 1.12 bits per heavy atom. The van der Waals surface area contributed by atoms with Crippen molar-refractivity contribution in [3.8, 4) is 0 Å². The van der Waals surface area contributed by atoms with Gasteiger partial charge in [0.25, 0.3) is 0 Å². The topological polar surface area (TPSA) is 50.7 Å². The molecule has 3 aromatic rings. The molecule has 0 atom stereocenters. The summed E-state index contributed by atoms with van der Waals surface area (Å²) in [5, 5.41) is 3.62. The fourth-order valence-electron chi connectivity index (χ4n) is 2.66. The third-order valence-electron chi connectivity index (χ3n) is 3.78.